The Morgan fingerprint density at radius 3 is 2.40 bits per heavy atom. The van der Waals surface area contributed by atoms with Crippen molar-refractivity contribution >= 4 is 40.4 Å². The fourth-order valence-electron chi connectivity index (χ4n) is 5.11. The van der Waals surface area contributed by atoms with Crippen molar-refractivity contribution in [3.05, 3.63) is 76.0 Å². The summed E-state index contributed by atoms with van der Waals surface area (Å²) in [5.41, 5.74) is 2.87. The van der Waals surface area contributed by atoms with Crippen molar-refractivity contribution < 1.29 is 19.1 Å². The Labute approximate surface area is 238 Å². The van der Waals surface area contributed by atoms with Crippen LogP contribution in [-0.2, 0) is 11.2 Å². The summed E-state index contributed by atoms with van der Waals surface area (Å²) in [6.45, 7) is 5.44. The predicted molar refractivity (Wildman–Crippen MR) is 158 cm³/mol. The third-order valence-corrected chi connectivity index (χ3v) is 8.17. The van der Waals surface area contributed by atoms with Crippen LogP contribution in [0.25, 0.3) is 0 Å². The van der Waals surface area contributed by atoms with Crippen molar-refractivity contribution in [2.45, 2.75) is 12.8 Å². The molecule has 2 aliphatic heterocycles. The molecule has 0 unspecified atom stereocenters. The SMILES string of the molecule is COc1ccc(CC(=O)Nc2cc(C(=O)N3CCCNCC3)ccc2N2CCN(C(=O)c3cccs3)CC2)cc1. The van der Waals surface area contributed by atoms with E-state index < -0.39 is 0 Å². The second kappa shape index (κ2) is 13.0. The standard InChI is InChI=1S/C30H35N5O4S/c1-39-24-8-5-22(6-9-24)20-28(36)32-25-21-23(29(37)34-13-3-11-31-12-14-34)7-10-26(25)33-15-17-35(18-16-33)30(38)27-4-2-19-40-27/h2,4-10,19,21,31H,3,11-18,20H2,1H3,(H,32,36). The van der Waals surface area contributed by atoms with Gasteiger partial charge in [0, 0.05) is 51.4 Å². The number of nitrogens with one attached hydrogen (secondary N) is 2. The zero-order chi connectivity index (χ0) is 27.9. The van der Waals surface area contributed by atoms with E-state index in [0.717, 1.165) is 41.4 Å². The first-order valence-corrected chi connectivity index (χ1v) is 14.5. The zero-order valence-corrected chi connectivity index (χ0v) is 23.5. The molecule has 0 atom stereocenters. The van der Waals surface area contributed by atoms with Crippen LogP contribution in [0, 0.1) is 0 Å². The maximum atomic E-state index is 13.4. The van der Waals surface area contributed by atoms with Gasteiger partial charge in [0.15, 0.2) is 0 Å². The summed E-state index contributed by atoms with van der Waals surface area (Å²) < 4.78 is 5.22. The Morgan fingerprint density at radius 1 is 0.900 bits per heavy atom. The van der Waals surface area contributed by atoms with Crippen LogP contribution >= 0.6 is 11.3 Å². The summed E-state index contributed by atoms with van der Waals surface area (Å²) in [5, 5.41) is 8.32. The molecule has 5 rings (SSSR count). The maximum Gasteiger partial charge on any atom is 0.264 e. The lowest BCUT2D eigenvalue weighted by Gasteiger charge is -2.37. The van der Waals surface area contributed by atoms with Crippen molar-refractivity contribution in [3.63, 3.8) is 0 Å². The molecule has 10 heteroatoms. The van der Waals surface area contributed by atoms with E-state index in [-0.39, 0.29) is 24.1 Å². The Hall–Kier alpha value is -3.89. The molecule has 2 N–H and O–H groups in total. The monoisotopic (exact) mass is 561 g/mol. The van der Waals surface area contributed by atoms with E-state index in [1.807, 2.05) is 63.7 Å². The van der Waals surface area contributed by atoms with Crippen molar-refractivity contribution in [1.29, 1.82) is 0 Å². The van der Waals surface area contributed by atoms with Crippen molar-refractivity contribution in [3.8, 4) is 5.75 Å². The number of hydrogen-bond donors (Lipinski definition) is 2. The van der Waals surface area contributed by atoms with Crippen molar-refractivity contribution in [2.24, 2.45) is 0 Å². The number of thiophene rings is 1. The van der Waals surface area contributed by atoms with Gasteiger partial charge >= 0.3 is 0 Å². The number of amides is 3. The van der Waals surface area contributed by atoms with Crippen LogP contribution < -0.4 is 20.3 Å². The van der Waals surface area contributed by atoms with Crippen LogP contribution in [0.1, 0.15) is 32.0 Å². The van der Waals surface area contributed by atoms with Gasteiger partial charge in [-0.15, -0.1) is 11.3 Å². The van der Waals surface area contributed by atoms with E-state index in [1.165, 1.54) is 11.3 Å². The van der Waals surface area contributed by atoms with Crippen LogP contribution in [0.15, 0.2) is 60.0 Å². The highest BCUT2D eigenvalue weighted by atomic mass is 32.1. The molecule has 2 fully saturated rings. The fraction of sp³-hybridized carbons (Fsp3) is 0.367. The van der Waals surface area contributed by atoms with Gasteiger partial charge < -0.3 is 30.1 Å². The minimum absolute atomic E-state index is 0.0349. The highest BCUT2D eigenvalue weighted by molar-refractivity contribution is 7.12. The number of rotatable bonds is 7. The molecule has 0 bridgehead atoms. The van der Waals surface area contributed by atoms with Gasteiger partial charge in [-0.05, 0) is 60.3 Å². The molecule has 3 aromatic rings. The van der Waals surface area contributed by atoms with E-state index in [0.29, 0.717) is 50.5 Å². The van der Waals surface area contributed by atoms with Crippen LogP contribution in [-0.4, -0.2) is 87.0 Å². The number of carbonyl (C=O) groups is 3. The summed E-state index contributed by atoms with van der Waals surface area (Å²) in [6.07, 6.45) is 1.10. The summed E-state index contributed by atoms with van der Waals surface area (Å²) in [7, 11) is 1.61. The summed E-state index contributed by atoms with van der Waals surface area (Å²) in [4.78, 5) is 46.0. The Kier molecular flexibility index (Phi) is 8.98. The molecule has 0 radical (unpaired) electrons. The average Bonchev–Trinajstić information content (AvgIpc) is 3.39. The molecular formula is C30H35N5O4S. The Morgan fingerprint density at radius 2 is 1.68 bits per heavy atom. The molecule has 0 aliphatic carbocycles. The van der Waals surface area contributed by atoms with E-state index in [4.69, 9.17) is 4.74 Å². The normalized spacial score (nSPS) is 15.9. The summed E-state index contributed by atoms with van der Waals surface area (Å²) >= 11 is 1.45. The van der Waals surface area contributed by atoms with Gasteiger partial charge in [-0.3, -0.25) is 14.4 Å². The first kappa shape index (κ1) is 27.7. The van der Waals surface area contributed by atoms with Gasteiger partial charge in [-0.2, -0.15) is 0 Å². The molecule has 210 valence electrons. The number of ether oxygens (including phenoxy) is 1. The largest absolute Gasteiger partial charge is 0.497 e. The third-order valence-electron chi connectivity index (χ3n) is 7.31. The van der Waals surface area contributed by atoms with Gasteiger partial charge in [0.2, 0.25) is 5.91 Å². The zero-order valence-electron chi connectivity index (χ0n) is 22.7. The molecule has 3 amide bonds. The van der Waals surface area contributed by atoms with E-state index in [9.17, 15) is 14.4 Å². The van der Waals surface area contributed by atoms with Crippen LogP contribution in [0.5, 0.6) is 5.75 Å². The number of piperazine rings is 1. The molecule has 40 heavy (non-hydrogen) atoms. The number of methoxy groups -OCH3 is 1. The summed E-state index contributed by atoms with van der Waals surface area (Å²) in [5.74, 6) is 0.586. The quantitative estimate of drug-likeness (QED) is 0.460. The molecular weight excluding hydrogens is 526 g/mol. The average molecular weight is 562 g/mol. The predicted octanol–water partition coefficient (Wildman–Crippen LogP) is 3.34. The Bertz CT molecular complexity index is 1310. The molecule has 2 aliphatic rings. The van der Waals surface area contributed by atoms with Crippen molar-refractivity contribution in [2.75, 3.05) is 69.7 Å². The van der Waals surface area contributed by atoms with Gasteiger partial charge in [-0.1, -0.05) is 18.2 Å². The second-order valence-corrected chi connectivity index (χ2v) is 10.9. The minimum Gasteiger partial charge on any atom is -0.497 e. The molecule has 9 nitrogen and oxygen atoms in total. The number of hydrogen-bond acceptors (Lipinski definition) is 7. The van der Waals surface area contributed by atoms with Crippen molar-refractivity contribution in [1.82, 2.24) is 15.1 Å². The van der Waals surface area contributed by atoms with Gasteiger partial charge in [0.05, 0.1) is 29.8 Å². The highest BCUT2D eigenvalue weighted by Crippen LogP contribution is 2.30. The van der Waals surface area contributed by atoms with E-state index in [2.05, 4.69) is 15.5 Å². The van der Waals surface area contributed by atoms with Crippen LogP contribution in [0.4, 0.5) is 11.4 Å². The number of anilines is 2. The molecule has 1 aromatic heterocycles. The van der Waals surface area contributed by atoms with E-state index in [1.54, 1.807) is 13.2 Å². The smallest absolute Gasteiger partial charge is 0.264 e. The van der Waals surface area contributed by atoms with Gasteiger partial charge in [0.25, 0.3) is 11.8 Å². The molecule has 0 saturated carbocycles. The number of benzene rings is 2. The van der Waals surface area contributed by atoms with Crippen LogP contribution in [0.2, 0.25) is 0 Å². The Balaban J connectivity index is 1.34. The molecule has 2 saturated heterocycles. The summed E-state index contributed by atoms with van der Waals surface area (Å²) in [6, 6.07) is 16.7. The van der Waals surface area contributed by atoms with Crippen LogP contribution in [0.3, 0.4) is 0 Å². The number of carbonyl (C=O) groups excluding carboxylic acids is 3. The van der Waals surface area contributed by atoms with E-state index >= 15 is 0 Å². The second-order valence-electron chi connectivity index (χ2n) is 9.96. The van der Waals surface area contributed by atoms with Gasteiger partial charge in [0.1, 0.15) is 5.75 Å². The first-order chi connectivity index (χ1) is 19.5. The third kappa shape index (κ3) is 6.63. The molecule has 3 heterocycles. The molecule has 2 aromatic carbocycles. The topological polar surface area (TPSA) is 94.2 Å². The molecule has 0 spiro atoms. The number of nitrogens with zero attached hydrogens (tertiary/aromatic N) is 3. The minimum atomic E-state index is -0.165. The first-order valence-electron chi connectivity index (χ1n) is 13.7. The lowest BCUT2D eigenvalue weighted by atomic mass is 10.1. The lowest BCUT2D eigenvalue weighted by Crippen LogP contribution is -2.48. The highest BCUT2D eigenvalue weighted by Gasteiger charge is 2.26. The van der Waals surface area contributed by atoms with Gasteiger partial charge in [-0.25, -0.2) is 0 Å². The fourth-order valence-corrected chi connectivity index (χ4v) is 5.80. The maximum absolute atomic E-state index is 13.4. The lowest BCUT2D eigenvalue weighted by molar-refractivity contribution is -0.115.